The van der Waals surface area contributed by atoms with E-state index >= 15 is 0 Å². The molecule has 3 N–H and O–H groups in total. The number of hydrogen-bond donors (Lipinski definition) is 2. The van der Waals surface area contributed by atoms with Crippen LogP contribution in [0.2, 0.25) is 0 Å². The van der Waals surface area contributed by atoms with Crippen LogP contribution in [0.5, 0.6) is 0 Å². The Kier molecular flexibility index (Phi) is 7.15. The highest BCUT2D eigenvalue weighted by Gasteiger charge is 2.22. The van der Waals surface area contributed by atoms with Gasteiger partial charge < -0.3 is 15.6 Å². The number of nitrogens with two attached hydrogens (primary N) is 1. The molecule has 37 heavy (non-hydrogen) atoms. The summed E-state index contributed by atoms with van der Waals surface area (Å²) in [6.07, 6.45) is 6.89. The van der Waals surface area contributed by atoms with Gasteiger partial charge in [0.05, 0.1) is 17.2 Å². The summed E-state index contributed by atoms with van der Waals surface area (Å²) in [6.45, 7) is 4.32. The van der Waals surface area contributed by atoms with Gasteiger partial charge >= 0.3 is 0 Å². The molecule has 7 nitrogen and oxygen atoms in total. The number of hydrogen-bond acceptors (Lipinski definition) is 5. The van der Waals surface area contributed by atoms with Gasteiger partial charge in [0.25, 0.3) is 5.91 Å². The Bertz CT molecular complexity index is 1450. The van der Waals surface area contributed by atoms with Crippen LogP contribution in [0.1, 0.15) is 34.3 Å². The van der Waals surface area contributed by atoms with Crippen molar-refractivity contribution in [3.8, 4) is 17.2 Å². The van der Waals surface area contributed by atoms with Crippen molar-refractivity contribution in [3.05, 3.63) is 83.4 Å². The Balaban J connectivity index is 1.15. The lowest BCUT2D eigenvalue weighted by Gasteiger charge is -2.36. The van der Waals surface area contributed by atoms with Gasteiger partial charge in [-0.05, 0) is 73.3 Å². The molecule has 1 saturated heterocycles. The molecule has 4 aromatic rings. The second-order valence-corrected chi connectivity index (χ2v) is 9.44. The number of unbranched alkanes of at least 4 members (excludes halogenated alkanes) is 1. The number of rotatable bonds is 8. The zero-order valence-electron chi connectivity index (χ0n) is 20.6. The molecule has 188 valence electrons. The number of aromatic amines is 1. The summed E-state index contributed by atoms with van der Waals surface area (Å²) in [5.74, 6) is -0.226. The van der Waals surface area contributed by atoms with E-state index in [9.17, 15) is 14.4 Å². The van der Waals surface area contributed by atoms with Gasteiger partial charge in [0.1, 0.15) is 11.6 Å². The fourth-order valence-corrected chi connectivity index (χ4v) is 4.98. The van der Waals surface area contributed by atoms with Crippen molar-refractivity contribution >= 4 is 22.6 Å². The summed E-state index contributed by atoms with van der Waals surface area (Å²) in [5, 5.41) is 10.3. The molecule has 1 aliphatic heterocycles. The number of amides is 1. The van der Waals surface area contributed by atoms with Crippen molar-refractivity contribution in [1.29, 1.82) is 5.26 Å². The number of nitriles is 1. The van der Waals surface area contributed by atoms with E-state index < -0.39 is 5.91 Å². The number of carbonyl (C=O) groups excluding carboxylic acids is 1. The first-order valence-electron chi connectivity index (χ1n) is 12.5. The molecule has 0 aliphatic carbocycles. The number of primary amides is 1. The molecule has 5 rings (SSSR count). The molecule has 0 spiro atoms. The second kappa shape index (κ2) is 10.8. The summed E-state index contributed by atoms with van der Waals surface area (Å²) < 4.78 is 13.3. The number of nitrogens with one attached hydrogen (secondary N) is 1. The van der Waals surface area contributed by atoms with Crippen molar-refractivity contribution in [3.63, 3.8) is 0 Å². The smallest absolute Gasteiger partial charge is 0.252 e. The third kappa shape index (κ3) is 5.47. The topological polar surface area (TPSA) is 102 Å². The van der Waals surface area contributed by atoms with E-state index in [2.05, 4.69) is 32.0 Å². The van der Waals surface area contributed by atoms with Crippen molar-refractivity contribution in [2.45, 2.75) is 19.3 Å². The first-order chi connectivity index (χ1) is 18.0. The van der Waals surface area contributed by atoms with E-state index in [1.165, 1.54) is 17.7 Å². The first kappa shape index (κ1) is 24.5. The van der Waals surface area contributed by atoms with Gasteiger partial charge in [0.2, 0.25) is 0 Å². The van der Waals surface area contributed by atoms with E-state index in [1.54, 1.807) is 24.4 Å². The molecule has 1 amide bonds. The van der Waals surface area contributed by atoms with Crippen molar-refractivity contribution in [1.82, 2.24) is 14.9 Å². The van der Waals surface area contributed by atoms with Crippen LogP contribution < -0.4 is 10.6 Å². The summed E-state index contributed by atoms with van der Waals surface area (Å²) in [6, 6.07) is 15.8. The van der Waals surface area contributed by atoms with Crippen LogP contribution in [0.3, 0.4) is 0 Å². The number of aromatic nitrogens is 2. The number of benzene rings is 2. The van der Waals surface area contributed by atoms with E-state index in [4.69, 9.17) is 5.73 Å². The minimum atomic E-state index is -0.520. The summed E-state index contributed by atoms with van der Waals surface area (Å²) in [4.78, 5) is 24.7. The first-order valence-corrected chi connectivity index (χ1v) is 12.5. The van der Waals surface area contributed by atoms with Crippen molar-refractivity contribution < 1.29 is 9.18 Å². The molecule has 0 unspecified atom stereocenters. The van der Waals surface area contributed by atoms with Crippen LogP contribution in [0, 0.1) is 17.1 Å². The number of halogens is 1. The standard InChI is InChI=1S/C29H29FN6O/c30-24-7-5-21(6-8-24)23-16-26(28(32)37)29(34-19-23)36-13-11-35(12-14-36)10-2-1-3-22-18-33-27-9-4-20(17-31)15-25(22)27/h4-9,15-16,18-19,33H,1-3,10-14H2,(H2,32,37). The van der Waals surface area contributed by atoms with Crippen LogP contribution in [-0.2, 0) is 6.42 Å². The van der Waals surface area contributed by atoms with Gasteiger partial charge in [-0.2, -0.15) is 5.26 Å². The quantitative estimate of drug-likeness (QED) is 0.350. The molecular weight excluding hydrogens is 467 g/mol. The van der Waals surface area contributed by atoms with Gasteiger partial charge in [0.15, 0.2) is 0 Å². The number of fused-ring (bicyclic) bond motifs is 1. The molecule has 1 aliphatic rings. The largest absolute Gasteiger partial charge is 0.365 e. The monoisotopic (exact) mass is 496 g/mol. The van der Waals surface area contributed by atoms with Gasteiger partial charge in [-0.3, -0.25) is 9.69 Å². The average Bonchev–Trinajstić information content (AvgIpc) is 3.33. The predicted octanol–water partition coefficient (Wildman–Crippen LogP) is 4.48. The van der Waals surface area contributed by atoms with Crippen LogP contribution in [0.4, 0.5) is 10.2 Å². The molecule has 2 aromatic carbocycles. The Morgan fingerprint density at radius 2 is 1.84 bits per heavy atom. The zero-order chi connectivity index (χ0) is 25.8. The Labute approximate surface area is 215 Å². The summed E-state index contributed by atoms with van der Waals surface area (Å²) in [7, 11) is 0. The van der Waals surface area contributed by atoms with Crippen LogP contribution in [0.15, 0.2) is 60.9 Å². The Morgan fingerprint density at radius 1 is 1.05 bits per heavy atom. The minimum absolute atomic E-state index is 0.312. The summed E-state index contributed by atoms with van der Waals surface area (Å²) >= 11 is 0. The molecule has 8 heteroatoms. The highest BCUT2D eigenvalue weighted by molar-refractivity contribution is 5.99. The maximum absolute atomic E-state index is 13.3. The molecule has 0 radical (unpaired) electrons. The van der Waals surface area contributed by atoms with E-state index in [0.717, 1.165) is 74.0 Å². The van der Waals surface area contributed by atoms with Crippen LogP contribution >= 0.6 is 0 Å². The second-order valence-electron chi connectivity index (χ2n) is 9.44. The van der Waals surface area contributed by atoms with Crippen LogP contribution in [-0.4, -0.2) is 53.5 Å². The fourth-order valence-electron chi connectivity index (χ4n) is 4.98. The van der Waals surface area contributed by atoms with Crippen molar-refractivity contribution in [2.24, 2.45) is 5.73 Å². The molecule has 0 atom stereocenters. The molecule has 0 saturated carbocycles. The maximum atomic E-state index is 13.3. The SMILES string of the molecule is N#Cc1ccc2[nH]cc(CCCCN3CCN(c4ncc(-c5ccc(F)cc5)cc4C(N)=O)CC3)c2c1. The zero-order valence-corrected chi connectivity index (χ0v) is 20.6. The number of aryl methyl sites for hydroxylation is 1. The van der Waals surface area contributed by atoms with Gasteiger partial charge in [-0.25, -0.2) is 9.37 Å². The number of H-pyrrole nitrogens is 1. The lowest BCUT2D eigenvalue weighted by Crippen LogP contribution is -2.47. The van der Waals surface area contributed by atoms with E-state index in [-0.39, 0.29) is 5.82 Å². The number of piperazine rings is 1. The lowest BCUT2D eigenvalue weighted by molar-refractivity contribution is 0.1000. The van der Waals surface area contributed by atoms with Gasteiger partial charge in [-0.15, -0.1) is 0 Å². The Hall–Kier alpha value is -4.22. The number of nitrogens with zero attached hydrogens (tertiary/aromatic N) is 4. The molecule has 2 aromatic heterocycles. The molecular formula is C29H29FN6O. The highest BCUT2D eigenvalue weighted by atomic mass is 19.1. The number of anilines is 1. The van der Waals surface area contributed by atoms with Gasteiger partial charge in [0, 0.05) is 55.0 Å². The highest BCUT2D eigenvalue weighted by Crippen LogP contribution is 2.26. The van der Waals surface area contributed by atoms with Crippen molar-refractivity contribution in [2.75, 3.05) is 37.6 Å². The Morgan fingerprint density at radius 3 is 2.57 bits per heavy atom. The third-order valence-corrected chi connectivity index (χ3v) is 7.05. The number of carbonyl (C=O) groups is 1. The normalized spacial score (nSPS) is 14.1. The van der Waals surface area contributed by atoms with E-state index in [0.29, 0.717) is 16.9 Å². The molecule has 3 heterocycles. The minimum Gasteiger partial charge on any atom is -0.365 e. The molecule has 0 bridgehead atoms. The number of pyridine rings is 1. The fraction of sp³-hybridized carbons (Fsp3) is 0.276. The third-order valence-electron chi connectivity index (χ3n) is 7.05. The molecule has 1 fully saturated rings. The lowest BCUT2D eigenvalue weighted by atomic mass is 10.0. The van der Waals surface area contributed by atoms with Gasteiger partial charge in [-0.1, -0.05) is 12.1 Å². The van der Waals surface area contributed by atoms with Crippen LogP contribution in [0.25, 0.3) is 22.0 Å². The maximum Gasteiger partial charge on any atom is 0.252 e. The summed E-state index contributed by atoms with van der Waals surface area (Å²) in [5.41, 5.74) is 10.6. The van der Waals surface area contributed by atoms with E-state index in [1.807, 2.05) is 18.2 Å². The predicted molar refractivity (Wildman–Crippen MR) is 143 cm³/mol. The average molecular weight is 497 g/mol.